The van der Waals surface area contributed by atoms with Crippen molar-refractivity contribution in [3.63, 3.8) is 0 Å². The zero-order valence-corrected chi connectivity index (χ0v) is 15.5. The number of nitrogens with zero attached hydrogens (tertiary/aromatic N) is 3. The summed E-state index contributed by atoms with van der Waals surface area (Å²) in [4.78, 5) is 25.3. The van der Waals surface area contributed by atoms with Crippen molar-refractivity contribution in [3.8, 4) is 0 Å². The predicted octanol–water partition coefficient (Wildman–Crippen LogP) is 2.79. The van der Waals surface area contributed by atoms with Crippen molar-refractivity contribution in [1.82, 2.24) is 19.5 Å². The average Bonchev–Trinajstić information content (AvgIpc) is 3.00. The zero-order valence-electron chi connectivity index (χ0n) is 15.5. The minimum absolute atomic E-state index is 0.116. The van der Waals surface area contributed by atoms with Crippen molar-refractivity contribution in [2.75, 3.05) is 0 Å². The van der Waals surface area contributed by atoms with Gasteiger partial charge in [-0.05, 0) is 49.9 Å². The van der Waals surface area contributed by atoms with E-state index in [1.165, 1.54) is 23.2 Å². The molecule has 0 spiro atoms. The first-order chi connectivity index (χ1) is 12.9. The molecule has 6 nitrogen and oxygen atoms in total. The molecule has 0 aliphatic heterocycles. The van der Waals surface area contributed by atoms with Crippen LogP contribution in [0.5, 0.6) is 0 Å². The van der Waals surface area contributed by atoms with Gasteiger partial charge < -0.3 is 5.32 Å². The summed E-state index contributed by atoms with van der Waals surface area (Å²) in [6.45, 7) is 3.80. The fourth-order valence-corrected chi connectivity index (χ4v) is 4.12. The number of nitrogens with one attached hydrogen (secondary N) is 1. The van der Waals surface area contributed by atoms with Crippen LogP contribution in [0.25, 0.3) is 16.4 Å². The second kappa shape index (κ2) is 6.79. The second-order valence-electron chi connectivity index (χ2n) is 7.51. The van der Waals surface area contributed by atoms with Crippen LogP contribution in [0.3, 0.4) is 0 Å². The lowest BCUT2D eigenvalue weighted by Crippen LogP contribution is -2.44. The quantitative estimate of drug-likeness (QED) is 0.771. The number of fused-ring (bicyclic) bond motifs is 3. The van der Waals surface area contributed by atoms with Crippen LogP contribution in [0, 0.1) is 18.7 Å². The third-order valence-corrected chi connectivity index (χ3v) is 5.56. The first kappa shape index (κ1) is 17.7. The summed E-state index contributed by atoms with van der Waals surface area (Å²) in [5.74, 6) is 0.465. The van der Waals surface area contributed by atoms with Crippen LogP contribution < -0.4 is 10.9 Å². The number of halogens is 1. The van der Waals surface area contributed by atoms with Crippen LogP contribution in [-0.2, 0) is 11.3 Å². The number of hydrogen-bond acceptors (Lipinski definition) is 3. The Morgan fingerprint density at radius 1 is 1.26 bits per heavy atom. The highest BCUT2D eigenvalue weighted by Crippen LogP contribution is 2.23. The SMILES string of the molecule is Cc1nn(CC(=O)NC2CCCCC2C)c(=O)c2cc3cc(F)ccc3n12. The van der Waals surface area contributed by atoms with Gasteiger partial charge in [-0.25, -0.2) is 9.07 Å². The van der Waals surface area contributed by atoms with Gasteiger partial charge in [0, 0.05) is 11.4 Å². The molecule has 0 bridgehead atoms. The molecule has 0 radical (unpaired) electrons. The average molecular weight is 370 g/mol. The van der Waals surface area contributed by atoms with E-state index in [2.05, 4.69) is 17.3 Å². The first-order valence-corrected chi connectivity index (χ1v) is 9.42. The Bertz CT molecular complexity index is 1080. The van der Waals surface area contributed by atoms with Gasteiger partial charge in [-0.1, -0.05) is 19.8 Å². The Balaban J connectivity index is 1.66. The number of carbonyl (C=O) groups excluding carboxylic acids is 1. The van der Waals surface area contributed by atoms with Gasteiger partial charge in [0.25, 0.3) is 5.56 Å². The molecule has 1 aromatic carbocycles. The fraction of sp³-hybridized carbons (Fsp3) is 0.450. The molecule has 1 N–H and O–H groups in total. The van der Waals surface area contributed by atoms with E-state index in [0.717, 1.165) is 24.8 Å². The molecule has 1 amide bonds. The van der Waals surface area contributed by atoms with Crippen LogP contribution in [0.4, 0.5) is 4.39 Å². The Kier molecular flexibility index (Phi) is 4.45. The molecule has 2 heterocycles. The summed E-state index contributed by atoms with van der Waals surface area (Å²) in [6.07, 6.45) is 4.41. The van der Waals surface area contributed by atoms with Crippen LogP contribution >= 0.6 is 0 Å². The minimum Gasteiger partial charge on any atom is -0.351 e. The fourth-order valence-electron chi connectivity index (χ4n) is 4.12. The molecule has 142 valence electrons. The molecule has 1 aliphatic carbocycles. The van der Waals surface area contributed by atoms with Crippen molar-refractivity contribution in [3.05, 3.63) is 46.3 Å². The Morgan fingerprint density at radius 2 is 2.04 bits per heavy atom. The summed E-state index contributed by atoms with van der Waals surface area (Å²) in [7, 11) is 0. The molecule has 1 fully saturated rings. The summed E-state index contributed by atoms with van der Waals surface area (Å²) in [5, 5.41) is 8.00. The smallest absolute Gasteiger partial charge is 0.291 e. The number of carbonyl (C=O) groups is 1. The molecule has 2 aromatic heterocycles. The molecule has 7 heteroatoms. The Hall–Kier alpha value is -2.70. The number of rotatable bonds is 3. The maximum Gasteiger partial charge on any atom is 0.291 e. The standard InChI is InChI=1S/C20H23FN4O2/c1-12-5-3-4-6-16(12)22-19(26)11-24-20(27)18-10-14-9-15(21)7-8-17(14)25(18)13(2)23-24/h7-10,12,16H,3-6,11H2,1-2H3,(H,22,26). The third-order valence-electron chi connectivity index (χ3n) is 5.56. The summed E-state index contributed by atoms with van der Waals surface area (Å²) in [6, 6.07) is 6.19. The van der Waals surface area contributed by atoms with Gasteiger partial charge in [-0.2, -0.15) is 5.10 Å². The lowest BCUT2D eigenvalue weighted by Gasteiger charge is -2.29. The van der Waals surface area contributed by atoms with Gasteiger partial charge in [-0.3, -0.25) is 14.0 Å². The van der Waals surface area contributed by atoms with E-state index in [-0.39, 0.29) is 29.9 Å². The highest BCUT2D eigenvalue weighted by molar-refractivity contribution is 5.87. The van der Waals surface area contributed by atoms with Crippen molar-refractivity contribution in [2.45, 2.75) is 52.1 Å². The van der Waals surface area contributed by atoms with Crippen molar-refractivity contribution >= 4 is 22.3 Å². The minimum atomic E-state index is -0.357. The van der Waals surface area contributed by atoms with E-state index in [0.29, 0.717) is 22.6 Å². The largest absolute Gasteiger partial charge is 0.351 e. The number of amides is 1. The third kappa shape index (κ3) is 3.22. The van der Waals surface area contributed by atoms with Gasteiger partial charge >= 0.3 is 0 Å². The molecule has 3 aromatic rings. The van der Waals surface area contributed by atoms with Crippen LogP contribution in [0.2, 0.25) is 0 Å². The number of aromatic nitrogens is 3. The predicted molar refractivity (Wildman–Crippen MR) is 101 cm³/mol. The number of aryl methyl sites for hydroxylation is 1. The highest BCUT2D eigenvalue weighted by Gasteiger charge is 2.23. The van der Waals surface area contributed by atoms with E-state index >= 15 is 0 Å². The second-order valence-corrected chi connectivity index (χ2v) is 7.51. The van der Waals surface area contributed by atoms with E-state index in [9.17, 15) is 14.0 Å². The molecule has 1 saturated carbocycles. The van der Waals surface area contributed by atoms with Gasteiger partial charge in [0.05, 0.1) is 5.52 Å². The number of hydrogen-bond donors (Lipinski definition) is 1. The normalized spacial score (nSPS) is 20.3. The maximum absolute atomic E-state index is 13.5. The van der Waals surface area contributed by atoms with Gasteiger partial charge in [-0.15, -0.1) is 0 Å². The summed E-state index contributed by atoms with van der Waals surface area (Å²) in [5.41, 5.74) is 0.757. The highest BCUT2D eigenvalue weighted by atomic mass is 19.1. The van der Waals surface area contributed by atoms with Crippen molar-refractivity contribution in [1.29, 1.82) is 0 Å². The van der Waals surface area contributed by atoms with Crippen molar-refractivity contribution < 1.29 is 9.18 Å². The van der Waals surface area contributed by atoms with Crippen LogP contribution in [-0.4, -0.2) is 26.1 Å². The maximum atomic E-state index is 13.5. The number of benzene rings is 1. The van der Waals surface area contributed by atoms with E-state index in [1.54, 1.807) is 23.5 Å². The lowest BCUT2D eigenvalue weighted by atomic mass is 9.86. The van der Waals surface area contributed by atoms with Crippen LogP contribution in [0.15, 0.2) is 29.1 Å². The molecule has 2 atom stereocenters. The Morgan fingerprint density at radius 3 is 2.81 bits per heavy atom. The van der Waals surface area contributed by atoms with Crippen molar-refractivity contribution in [2.24, 2.45) is 5.92 Å². The van der Waals surface area contributed by atoms with Crippen LogP contribution in [0.1, 0.15) is 38.4 Å². The molecule has 2 unspecified atom stereocenters. The summed E-state index contributed by atoms with van der Waals surface area (Å²) >= 11 is 0. The van der Waals surface area contributed by atoms with E-state index in [4.69, 9.17) is 0 Å². The molecule has 0 saturated heterocycles. The Labute approximate surface area is 156 Å². The topological polar surface area (TPSA) is 68.4 Å². The van der Waals surface area contributed by atoms with Gasteiger partial charge in [0.2, 0.25) is 5.91 Å². The molecule has 1 aliphatic rings. The zero-order chi connectivity index (χ0) is 19.1. The lowest BCUT2D eigenvalue weighted by molar-refractivity contribution is -0.123. The van der Waals surface area contributed by atoms with Gasteiger partial charge in [0.15, 0.2) is 0 Å². The van der Waals surface area contributed by atoms with E-state index in [1.807, 2.05) is 0 Å². The molecular weight excluding hydrogens is 347 g/mol. The van der Waals surface area contributed by atoms with E-state index < -0.39 is 0 Å². The summed E-state index contributed by atoms with van der Waals surface area (Å²) < 4.78 is 16.4. The molecule has 27 heavy (non-hydrogen) atoms. The molecular formula is C20H23FN4O2. The first-order valence-electron chi connectivity index (χ1n) is 9.42. The molecule has 4 rings (SSSR count). The van der Waals surface area contributed by atoms with Gasteiger partial charge in [0.1, 0.15) is 23.7 Å². The monoisotopic (exact) mass is 370 g/mol.